The number of pyridine rings is 1. The second-order valence-electron chi connectivity index (χ2n) is 7.34. The molecule has 0 bridgehead atoms. The Kier molecular flexibility index (Phi) is 4.85. The van der Waals surface area contributed by atoms with Crippen molar-refractivity contribution in [1.29, 1.82) is 0 Å². The van der Waals surface area contributed by atoms with E-state index in [1.165, 1.54) is 6.92 Å². The van der Waals surface area contributed by atoms with Gasteiger partial charge in [0, 0.05) is 25.3 Å². The Bertz CT molecular complexity index is 1030. The number of oxazole rings is 1. The van der Waals surface area contributed by atoms with Crippen molar-refractivity contribution < 1.29 is 27.8 Å². The lowest BCUT2D eigenvalue weighted by molar-refractivity contribution is -0.137. The number of aliphatic hydroxyl groups excluding tert-OH is 1. The third-order valence-corrected chi connectivity index (χ3v) is 5.19. The summed E-state index contributed by atoms with van der Waals surface area (Å²) in [7, 11) is 0. The molecule has 0 spiro atoms. The summed E-state index contributed by atoms with van der Waals surface area (Å²) in [6.07, 6.45) is -2.68. The van der Waals surface area contributed by atoms with Crippen molar-refractivity contribution in [3.8, 4) is 17.0 Å². The maximum absolute atomic E-state index is 13.0. The predicted octanol–water partition coefficient (Wildman–Crippen LogP) is 4.13. The zero-order chi connectivity index (χ0) is 20.8. The van der Waals surface area contributed by atoms with Crippen LogP contribution in [0.25, 0.3) is 22.5 Å². The number of halogens is 3. The maximum atomic E-state index is 13.0. The Morgan fingerprint density at radius 3 is 2.72 bits per heavy atom. The smallest absolute Gasteiger partial charge is 0.416 e. The normalized spacial score (nSPS) is 17.8. The molecule has 0 amide bonds. The molecule has 2 aromatic heterocycles. The van der Waals surface area contributed by atoms with Crippen molar-refractivity contribution in [2.75, 3.05) is 24.6 Å². The molecule has 1 atom stereocenters. The molecule has 1 aromatic carbocycles. The number of phenolic OH excluding ortho intramolecular Hbond substituents is 1. The number of anilines is 1. The summed E-state index contributed by atoms with van der Waals surface area (Å²) in [5.74, 6) is -0.330. The van der Waals surface area contributed by atoms with Crippen molar-refractivity contribution in [1.82, 2.24) is 9.97 Å². The van der Waals surface area contributed by atoms with Gasteiger partial charge >= 0.3 is 6.18 Å². The fourth-order valence-electron chi connectivity index (χ4n) is 3.73. The number of nitrogens with zero attached hydrogens (tertiary/aromatic N) is 3. The molecule has 1 saturated heterocycles. The number of hydrogen-bond donors (Lipinski definition) is 2. The molecule has 0 radical (unpaired) electrons. The molecule has 1 aliphatic rings. The van der Waals surface area contributed by atoms with Crippen LogP contribution in [0.15, 0.2) is 28.7 Å². The zero-order valence-electron chi connectivity index (χ0n) is 15.7. The van der Waals surface area contributed by atoms with Crippen LogP contribution in [0, 0.1) is 12.8 Å². The number of fused-ring (bicyclic) bond motifs is 1. The van der Waals surface area contributed by atoms with Crippen LogP contribution in [-0.4, -0.2) is 39.9 Å². The number of piperidine rings is 1. The quantitative estimate of drug-likeness (QED) is 0.679. The SMILES string of the molecule is Cc1cc(C(F)(F)F)cc(O)c1-c1ccc2oc(N3CCC[C@H](CO)C3)nc2n1. The van der Waals surface area contributed by atoms with Gasteiger partial charge in [0.05, 0.1) is 11.3 Å². The molecular weight excluding hydrogens is 387 g/mol. The number of aliphatic hydroxyl groups is 1. The van der Waals surface area contributed by atoms with E-state index in [0.717, 1.165) is 25.5 Å². The second-order valence-corrected chi connectivity index (χ2v) is 7.34. The average molecular weight is 407 g/mol. The first-order valence-corrected chi connectivity index (χ1v) is 9.31. The molecule has 0 aliphatic carbocycles. The van der Waals surface area contributed by atoms with Crippen molar-refractivity contribution in [3.63, 3.8) is 0 Å². The minimum atomic E-state index is -4.54. The van der Waals surface area contributed by atoms with Gasteiger partial charge in [-0.05, 0) is 55.5 Å². The minimum Gasteiger partial charge on any atom is -0.507 e. The molecule has 29 heavy (non-hydrogen) atoms. The Morgan fingerprint density at radius 2 is 2.03 bits per heavy atom. The van der Waals surface area contributed by atoms with Gasteiger partial charge in [-0.3, -0.25) is 0 Å². The van der Waals surface area contributed by atoms with Crippen LogP contribution < -0.4 is 4.90 Å². The van der Waals surface area contributed by atoms with Crippen LogP contribution in [0.4, 0.5) is 19.2 Å². The van der Waals surface area contributed by atoms with E-state index in [9.17, 15) is 23.4 Å². The molecule has 0 saturated carbocycles. The molecule has 154 valence electrons. The number of benzene rings is 1. The van der Waals surface area contributed by atoms with E-state index in [4.69, 9.17) is 4.42 Å². The van der Waals surface area contributed by atoms with Crippen molar-refractivity contribution in [2.24, 2.45) is 5.92 Å². The number of alkyl halides is 3. The monoisotopic (exact) mass is 407 g/mol. The van der Waals surface area contributed by atoms with E-state index in [2.05, 4.69) is 9.97 Å². The summed E-state index contributed by atoms with van der Waals surface area (Å²) in [4.78, 5) is 10.8. The zero-order valence-corrected chi connectivity index (χ0v) is 15.7. The van der Waals surface area contributed by atoms with E-state index in [0.29, 0.717) is 35.5 Å². The van der Waals surface area contributed by atoms with E-state index < -0.39 is 17.5 Å². The highest BCUT2D eigenvalue weighted by molar-refractivity contribution is 5.78. The minimum absolute atomic E-state index is 0.103. The number of rotatable bonds is 3. The molecule has 1 fully saturated rings. The Hall–Kier alpha value is -2.81. The first kappa shape index (κ1) is 19.5. The van der Waals surface area contributed by atoms with Gasteiger partial charge in [0.15, 0.2) is 5.58 Å². The van der Waals surface area contributed by atoms with Gasteiger partial charge in [-0.1, -0.05) is 0 Å². The molecule has 1 aliphatic heterocycles. The van der Waals surface area contributed by atoms with Gasteiger partial charge in [0.25, 0.3) is 6.01 Å². The van der Waals surface area contributed by atoms with E-state index in [1.54, 1.807) is 12.1 Å². The lowest BCUT2D eigenvalue weighted by atomic mass is 10.00. The molecule has 3 aromatic rings. The molecule has 2 N–H and O–H groups in total. The van der Waals surface area contributed by atoms with Crippen molar-refractivity contribution in [2.45, 2.75) is 25.9 Å². The molecular formula is C20H20F3N3O3. The highest BCUT2D eigenvalue weighted by Crippen LogP contribution is 2.39. The van der Waals surface area contributed by atoms with Gasteiger partial charge in [0.1, 0.15) is 5.75 Å². The fraction of sp³-hybridized carbons (Fsp3) is 0.400. The van der Waals surface area contributed by atoms with Gasteiger partial charge < -0.3 is 19.5 Å². The molecule has 3 heterocycles. The van der Waals surface area contributed by atoms with Crippen molar-refractivity contribution in [3.05, 3.63) is 35.4 Å². The average Bonchev–Trinajstić information content (AvgIpc) is 3.10. The summed E-state index contributed by atoms with van der Waals surface area (Å²) in [6.45, 7) is 2.99. The van der Waals surface area contributed by atoms with Crippen LogP contribution in [0.3, 0.4) is 0 Å². The van der Waals surface area contributed by atoms with Crippen LogP contribution in [0.1, 0.15) is 24.0 Å². The molecule has 4 rings (SSSR count). The standard InChI is InChI=1S/C20H20F3N3O3/c1-11-7-13(20(21,22)23)8-15(28)17(11)14-4-5-16-18(24-14)25-19(29-16)26-6-2-3-12(9-26)10-27/h4-5,7-8,12,27-28H,2-3,6,9-10H2,1H3/t12-/m0/s1. The maximum Gasteiger partial charge on any atom is 0.416 e. The first-order chi connectivity index (χ1) is 13.8. The van der Waals surface area contributed by atoms with Crippen LogP contribution in [-0.2, 0) is 6.18 Å². The lowest BCUT2D eigenvalue weighted by Gasteiger charge is -2.30. The fourth-order valence-corrected chi connectivity index (χ4v) is 3.73. The molecule has 6 nitrogen and oxygen atoms in total. The Morgan fingerprint density at radius 1 is 1.24 bits per heavy atom. The third-order valence-electron chi connectivity index (χ3n) is 5.19. The third kappa shape index (κ3) is 3.74. The summed E-state index contributed by atoms with van der Waals surface area (Å²) in [6, 6.07) is 5.30. The van der Waals surface area contributed by atoms with E-state index >= 15 is 0 Å². The van der Waals surface area contributed by atoms with Gasteiger partial charge in [-0.25, -0.2) is 4.98 Å². The number of aromatic hydroxyl groups is 1. The second kappa shape index (κ2) is 7.22. The van der Waals surface area contributed by atoms with Gasteiger partial charge in [0.2, 0.25) is 5.65 Å². The summed E-state index contributed by atoms with van der Waals surface area (Å²) in [5.41, 5.74) is 0.635. The van der Waals surface area contributed by atoms with Gasteiger partial charge in [-0.15, -0.1) is 0 Å². The predicted molar refractivity (Wildman–Crippen MR) is 101 cm³/mol. The largest absolute Gasteiger partial charge is 0.507 e. The summed E-state index contributed by atoms with van der Waals surface area (Å²) >= 11 is 0. The van der Waals surface area contributed by atoms with Crippen LogP contribution in [0.5, 0.6) is 5.75 Å². The number of phenols is 1. The van der Waals surface area contributed by atoms with Crippen molar-refractivity contribution >= 4 is 17.2 Å². The van der Waals surface area contributed by atoms with Crippen LogP contribution >= 0.6 is 0 Å². The van der Waals surface area contributed by atoms with Gasteiger partial charge in [-0.2, -0.15) is 18.2 Å². The molecule has 0 unspecified atom stereocenters. The van der Waals surface area contributed by atoms with Crippen LogP contribution in [0.2, 0.25) is 0 Å². The molecule has 9 heteroatoms. The van der Waals surface area contributed by atoms with E-state index in [-0.39, 0.29) is 23.7 Å². The lowest BCUT2D eigenvalue weighted by Crippen LogP contribution is -2.36. The highest BCUT2D eigenvalue weighted by atomic mass is 19.4. The summed E-state index contributed by atoms with van der Waals surface area (Å²) in [5, 5.41) is 19.6. The topological polar surface area (TPSA) is 82.6 Å². The first-order valence-electron chi connectivity index (χ1n) is 9.31. The number of aromatic nitrogens is 2. The van der Waals surface area contributed by atoms with E-state index in [1.807, 2.05) is 4.90 Å². The Balaban J connectivity index is 1.70. The number of hydrogen-bond acceptors (Lipinski definition) is 6. The highest BCUT2D eigenvalue weighted by Gasteiger charge is 2.32. The number of aryl methyl sites for hydroxylation is 1. The Labute approximate surface area is 164 Å². The summed E-state index contributed by atoms with van der Waals surface area (Å²) < 4.78 is 44.6.